The number of rotatable bonds is 7. The lowest BCUT2D eigenvalue weighted by Gasteiger charge is -2.31. The first-order chi connectivity index (χ1) is 18.6. The Morgan fingerprint density at radius 2 is 1.82 bits per heavy atom. The SMILES string of the molecule is COc1ccc2c(c1)C(c1ccc(Cl)cc1)=NC(CC(=O)NCc1ccc([Si](C)(C)O)cc1)C1NNC(C)N21. The van der Waals surface area contributed by atoms with Gasteiger partial charge in [0.1, 0.15) is 11.9 Å². The molecule has 5 rings (SSSR count). The molecule has 0 aromatic heterocycles. The summed E-state index contributed by atoms with van der Waals surface area (Å²) in [5, 5.41) is 4.66. The van der Waals surface area contributed by atoms with Gasteiger partial charge in [0.05, 0.1) is 31.4 Å². The Hall–Kier alpha value is -3.21. The fourth-order valence-corrected chi connectivity index (χ4v) is 6.19. The summed E-state index contributed by atoms with van der Waals surface area (Å²) in [6.07, 6.45) is -0.0663. The van der Waals surface area contributed by atoms with Crippen molar-refractivity contribution in [3.8, 4) is 5.75 Å². The molecule has 0 aliphatic carbocycles. The van der Waals surface area contributed by atoms with Gasteiger partial charge in [-0.25, -0.2) is 10.9 Å². The maximum atomic E-state index is 13.2. The van der Waals surface area contributed by atoms with Crippen molar-refractivity contribution >= 4 is 42.4 Å². The summed E-state index contributed by atoms with van der Waals surface area (Å²) in [5.41, 5.74) is 11.3. The molecule has 2 heterocycles. The summed E-state index contributed by atoms with van der Waals surface area (Å²) in [4.78, 5) is 31.0. The van der Waals surface area contributed by atoms with Gasteiger partial charge in [0.25, 0.3) is 0 Å². The Balaban J connectivity index is 1.44. The van der Waals surface area contributed by atoms with Crippen LogP contribution in [0.1, 0.15) is 30.0 Å². The van der Waals surface area contributed by atoms with Crippen molar-refractivity contribution in [3.05, 3.63) is 88.4 Å². The van der Waals surface area contributed by atoms with Crippen LogP contribution in [0.5, 0.6) is 5.75 Å². The molecule has 1 saturated heterocycles. The minimum Gasteiger partial charge on any atom is -0.497 e. The molecule has 0 radical (unpaired) electrons. The third-order valence-electron chi connectivity index (χ3n) is 7.22. The van der Waals surface area contributed by atoms with Crippen LogP contribution in [0.3, 0.4) is 0 Å². The zero-order chi connectivity index (χ0) is 27.7. The molecule has 1 amide bonds. The van der Waals surface area contributed by atoms with Gasteiger partial charge in [-0.1, -0.05) is 48.0 Å². The molecular formula is C29H34ClN5O3Si. The highest BCUT2D eigenvalue weighted by atomic mass is 35.5. The van der Waals surface area contributed by atoms with E-state index in [1.54, 1.807) is 7.11 Å². The Labute approximate surface area is 235 Å². The Morgan fingerprint density at radius 1 is 1.10 bits per heavy atom. The van der Waals surface area contributed by atoms with E-state index in [1.807, 2.05) is 79.8 Å². The molecule has 10 heteroatoms. The van der Waals surface area contributed by atoms with E-state index in [9.17, 15) is 9.59 Å². The van der Waals surface area contributed by atoms with E-state index >= 15 is 0 Å². The number of hydrogen-bond acceptors (Lipinski definition) is 7. The van der Waals surface area contributed by atoms with Crippen molar-refractivity contribution in [2.75, 3.05) is 12.0 Å². The van der Waals surface area contributed by atoms with E-state index in [-0.39, 0.29) is 30.7 Å². The molecule has 2 aliphatic rings. The number of benzene rings is 3. The summed E-state index contributed by atoms with van der Waals surface area (Å²) in [5.74, 6) is 0.638. The second-order valence-electron chi connectivity index (χ2n) is 10.5. The fraction of sp³-hybridized carbons (Fsp3) is 0.310. The molecule has 3 aromatic rings. The number of carbonyl (C=O) groups excluding carboxylic acids is 1. The quantitative estimate of drug-likeness (QED) is 0.329. The number of fused-ring (bicyclic) bond motifs is 3. The second kappa shape index (κ2) is 11.1. The Morgan fingerprint density at radius 3 is 2.49 bits per heavy atom. The van der Waals surface area contributed by atoms with Crippen LogP contribution < -0.4 is 31.0 Å². The monoisotopic (exact) mass is 563 g/mol. The van der Waals surface area contributed by atoms with Crippen LogP contribution in [0.15, 0.2) is 71.7 Å². The van der Waals surface area contributed by atoms with Crippen LogP contribution in [0, 0.1) is 0 Å². The number of nitrogens with one attached hydrogen (secondary N) is 3. The highest BCUT2D eigenvalue weighted by Crippen LogP contribution is 2.36. The molecular weight excluding hydrogens is 530 g/mol. The first kappa shape index (κ1) is 27.4. The third-order valence-corrected chi connectivity index (χ3v) is 9.21. The normalized spacial score (nSPS) is 20.5. The molecule has 0 saturated carbocycles. The summed E-state index contributed by atoms with van der Waals surface area (Å²) in [6.45, 7) is 6.26. The molecule has 4 N–H and O–H groups in total. The van der Waals surface area contributed by atoms with E-state index in [1.165, 1.54) is 0 Å². The number of hydrogen-bond donors (Lipinski definition) is 4. The lowest BCUT2D eigenvalue weighted by molar-refractivity contribution is -0.121. The van der Waals surface area contributed by atoms with Gasteiger partial charge < -0.3 is 19.7 Å². The summed E-state index contributed by atoms with van der Waals surface area (Å²) in [7, 11) is -0.711. The zero-order valence-corrected chi connectivity index (χ0v) is 24.3. The first-order valence-corrected chi connectivity index (χ1v) is 16.4. The van der Waals surface area contributed by atoms with Crippen molar-refractivity contribution in [2.24, 2.45) is 4.99 Å². The summed E-state index contributed by atoms with van der Waals surface area (Å²) >= 11 is 6.19. The first-order valence-electron chi connectivity index (χ1n) is 13.0. The van der Waals surface area contributed by atoms with E-state index in [0.717, 1.165) is 39.0 Å². The minimum atomic E-state index is -2.36. The van der Waals surface area contributed by atoms with Gasteiger partial charge in [0.15, 0.2) is 0 Å². The molecule has 0 bridgehead atoms. The molecule has 1 fully saturated rings. The predicted molar refractivity (Wildman–Crippen MR) is 158 cm³/mol. The number of aliphatic imine (C=N–C) groups is 1. The van der Waals surface area contributed by atoms with Gasteiger partial charge in [-0.05, 0) is 61.1 Å². The van der Waals surface area contributed by atoms with Crippen LogP contribution in [0.4, 0.5) is 5.69 Å². The average molecular weight is 564 g/mol. The fourth-order valence-electron chi connectivity index (χ4n) is 5.08. The molecule has 3 atom stereocenters. The van der Waals surface area contributed by atoms with E-state index in [0.29, 0.717) is 11.6 Å². The molecule has 0 spiro atoms. The van der Waals surface area contributed by atoms with Gasteiger partial charge in [-0.2, -0.15) is 0 Å². The average Bonchev–Trinajstić information content (AvgIpc) is 3.24. The van der Waals surface area contributed by atoms with Gasteiger partial charge in [0, 0.05) is 28.4 Å². The standard InChI is InChI=1S/C29H34ClN5O3Si/c1-18-33-34-29-25(16-27(36)31-17-19-5-12-23(13-6-19)39(3,4)37)32-28(20-7-9-21(30)10-8-20)24-15-22(38-2)11-14-26(24)35(18)29/h5-15,18,25,29,33-34,37H,16-17H2,1-4H3,(H,31,36). The Bertz CT molecular complexity index is 1380. The molecule has 204 valence electrons. The smallest absolute Gasteiger partial charge is 0.222 e. The highest BCUT2D eigenvalue weighted by molar-refractivity contribution is 6.83. The number of nitrogens with zero attached hydrogens (tertiary/aromatic N) is 2. The number of carbonyl (C=O) groups is 1. The highest BCUT2D eigenvalue weighted by Gasteiger charge is 2.40. The molecule has 2 aliphatic heterocycles. The summed E-state index contributed by atoms with van der Waals surface area (Å²) < 4.78 is 5.55. The Kier molecular flexibility index (Phi) is 7.79. The number of anilines is 1. The third kappa shape index (κ3) is 5.87. The number of ether oxygens (including phenoxy) is 1. The van der Waals surface area contributed by atoms with Gasteiger partial charge >= 0.3 is 0 Å². The molecule has 3 unspecified atom stereocenters. The largest absolute Gasteiger partial charge is 0.497 e. The number of amides is 1. The van der Waals surface area contributed by atoms with E-state index in [4.69, 9.17) is 21.3 Å². The van der Waals surface area contributed by atoms with Crippen molar-refractivity contribution in [1.29, 1.82) is 0 Å². The van der Waals surface area contributed by atoms with Crippen molar-refractivity contribution in [1.82, 2.24) is 16.2 Å². The van der Waals surface area contributed by atoms with Crippen LogP contribution >= 0.6 is 11.6 Å². The van der Waals surface area contributed by atoms with Crippen LogP contribution in [0.25, 0.3) is 0 Å². The number of hydrazine groups is 1. The van der Waals surface area contributed by atoms with Gasteiger partial charge in [-0.15, -0.1) is 0 Å². The molecule has 3 aromatic carbocycles. The van der Waals surface area contributed by atoms with Crippen molar-refractivity contribution in [2.45, 2.75) is 51.4 Å². The lowest BCUT2D eigenvalue weighted by atomic mass is 9.99. The minimum absolute atomic E-state index is 0.0229. The van der Waals surface area contributed by atoms with E-state index < -0.39 is 8.32 Å². The predicted octanol–water partition coefficient (Wildman–Crippen LogP) is 3.27. The lowest BCUT2D eigenvalue weighted by Crippen LogP contribution is -2.47. The summed E-state index contributed by atoms with van der Waals surface area (Å²) in [6, 6.07) is 21.0. The second-order valence-corrected chi connectivity index (χ2v) is 14.6. The van der Waals surface area contributed by atoms with Crippen molar-refractivity contribution < 1.29 is 14.3 Å². The zero-order valence-electron chi connectivity index (χ0n) is 22.5. The number of halogens is 1. The maximum absolute atomic E-state index is 13.2. The van der Waals surface area contributed by atoms with Crippen LogP contribution in [-0.4, -0.2) is 50.2 Å². The topological polar surface area (TPSA) is 98.2 Å². The van der Waals surface area contributed by atoms with E-state index in [2.05, 4.69) is 28.0 Å². The molecule has 39 heavy (non-hydrogen) atoms. The van der Waals surface area contributed by atoms with Crippen molar-refractivity contribution in [3.63, 3.8) is 0 Å². The van der Waals surface area contributed by atoms with Crippen LogP contribution in [0.2, 0.25) is 18.1 Å². The van der Waals surface area contributed by atoms with Gasteiger partial charge in [-0.3, -0.25) is 9.79 Å². The maximum Gasteiger partial charge on any atom is 0.222 e. The number of methoxy groups -OCH3 is 1. The van der Waals surface area contributed by atoms with Gasteiger partial charge in [0.2, 0.25) is 14.2 Å². The van der Waals surface area contributed by atoms with Crippen LogP contribution in [-0.2, 0) is 11.3 Å². The molecule has 8 nitrogen and oxygen atoms in total.